The number of rotatable bonds is 5. The molecule has 15 heavy (non-hydrogen) atoms. The molecule has 86 valence electrons. The molecule has 0 aliphatic carbocycles. The van der Waals surface area contributed by atoms with Crippen LogP contribution in [0.1, 0.15) is 45.3 Å². The van der Waals surface area contributed by atoms with E-state index in [4.69, 9.17) is 4.98 Å². The van der Waals surface area contributed by atoms with Crippen molar-refractivity contribution in [3.8, 4) is 0 Å². The summed E-state index contributed by atoms with van der Waals surface area (Å²) in [6, 6.07) is 0. The molecule has 2 nitrogen and oxygen atoms in total. The average Bonchev–Trinajstić information content (AvgIpc) is 2.51. The molecule has 0 bridgehead atoms. The third kappa shape index (κ3) is 3.58. The molecular weight excluding hydrogens is 204 g/mol. The molecular formula is C12H22N2S. The Morgan fingerprint density at radius 2 is 2.13 bits per heavy atom. The van der Waals surface area contributed by atoms with E-state index in [-0.39, 0.29) is 5.54 Å². The number of hydrogen-bond donors (Lipinski definition) is 1. The molecule has 0 amide bonds. The Kier molecular flexibility index (Phi) is 4.29. The lowest BCUT2D eigenvalue weighted by molar-refractivity contribution is 0.405. The molecule has 0 spiro atoms. The van der Waals surface area contributed by atoms with Crippen LogP contribution in [0.2, 0.25) is 0 Å². The van der Waals surface area contributed by atoms with E-state index in [1.165, 1.54) is 10.7 Å². The van der Waals surface area contributed by atoms with Gasteiger partial charge in [0.2, 0.25) is 0 Å². The van der Waals surface area contributed by atoms with Crippen molar-refractivity contribution in [2.45, 2.75) is 46.6 Å². The highest BCUT2D eigenvalue weighted by Gasteiger charge is 2.22. The topological polar surface area (TPSA) is 24.9 Å². The highest BCUT2D eigenvalue weighted by Crippen LogP contribution is 2.23. The second-order valence-electron chi connectivity index (χ2n) is 4.88. The first-order valence-corrected chi connectivity index (χ1v) is 6.53. The standard InChI is InChI=1S/C12H22N2S/c1-6-13-12(4,5)10-8-15-11(14-10)7-9(2)3/h8-9,13H,6-7H2,1-5H3. The molecule has 1 aromatic rings. The Labute approximate surface area is 97.1 Å². The molecule has 0 radical (unpaired) electrons. The van der Waals surface area contributed by atoms with Crippen molar-refractivity contribution < 1.29 is 0 Å². The molecule has 0 fully saturated rings. The number of hydrogen-bond acceptors (Lipinski definition) is 3. The fourth-order valence-corrected chi connectivity index (χ4v) is 2.75. The van der Waals surface area contributed by atoms with E-state index in [0.29, 0.717) is 5.92 Å². The van der Waals surface area contributed by atoms with Crippen LogP contribution in [0.25, 0.3) is 0 Å². The van der Waals surface area contributed by atoms with Gasteiger partial charge in [-0.1, -0.05) is 20.8 Å². The summed E-state index contributed by atoms with van der Waals surface area (Å²) in [5.74, 6) is 0.686. The zero-order valence-corrected chi connectivity index (χ0v) is 11.2. The fraction of sp³-hybridized carbons (Fsp3) is 0.750. The molecule has 0 atom stereocenters. The Hall–Kier alpha value is -0.410. The van der Waals surface area contributed by atoms with Gasteiger partial charge in [0.1, 0.15) is 0 Å². The van der Waals surface area contributed by atoms with Gasteiger partial charge in [-0.25, -0.2) is 4.98 Å². The number of nitrogens with zero attached hydrogens (tertiary/aromatic N) is 1. The molecule has 0 unspecified atom stereocenters. The van der Waals surface area contributed by atoms with Gasteiger partial charge >= 0.3 is 0 Å². The summed E-state index contributed by atoms with van der Waals surface area (Å²) in [5.41, 5.74) is 1.17. The highest BCUT2D eigenvalue weighted by molar-refractivity contribution is 7.09. The van der Waals surface area contributed by atoms with Gasteiger partial charge in [0.15, 0.2) is 0 Å². The van der Waals surface area contributed by atoms with Crippen LogP contribution in [0, 0.1) is 5.92 Å². The minimum Gasteiger partial charge on any atom is -0.307 e. The van der Waals surface area contributed by atoms with Crippen molar-refractivity contribution >= 4 is 11.3 Å². The number of thiazole rings is 1. The second kappa shape index (κ2) is 5.08. The van der Waals surface area contributed by atoms with Crippen molar-refractivity contribution in [1.29, 1.82) is 0 Å². The van der Waals surface area contributed by atoms with Gasteiger partial charge in [-0.15, -0.1) is 11.3 Å². The van der Waals surface area contributed by atoms with Gasteiger partial charge in [-0.2, -0.15) is 0 Å². The van der Waals surface area contributed by atoms with E-state index in [1.807, 2.05) is 0 Å². The minimum atomic E-state index is 0.000476. The summed E-state index contributed by atoms with van der Waals surface area (Å²) in [4.78, 5) is 4.70. The summed E-state index contributed by atoms with van der Waals surface area (Å²) in [5, 5.41) is 6.89. The van der Waals surface area contributed by atoms with E-state index < -0.39 is 0 Å². The lowest BCUT2D eigenvalue weighted by Crippen LogP contribution is -2.36. The van der Waals surface area contributed by atoms with Crippen molar-refractivity contribution in [3.63, 3.8) is 0 Å². The fourth-order valence-electron chi connectivity index (χ4n) is 1.57. The Balaban J connectivity index is 2.74. The van der Waals surface area contributed by atoms with Crippen LogP contribution in [0.5, 0.6) is 0 Å². The van der Waals surface area contributed by atoms with Crippen molar-refractivity contribution in [2.75, 3.05) is 6.54 Å². The molecule has 1 N–H and O–H groups in total. The van der Waals surface area contributed by atoms with Crippen LogP contribution in [-0.2, 0) is 12.0 Å². The molecule has 1 rings (SSSR count). The molecule has 1 aromatic heterocycles. The van der Waals surface area contributed by atoms with Crippen LogP contribution < -0.4 is 5.32 Å². The summed E-state index contributed by atoms with van der Waals surface area (Å²) >= 11 is 1.78. The van der Waals surface area contributed by atoms with Crippen LogP contribution in [0.4, 0.5) is 0 Å². The van der Waals surface area contributed by atoms with Gasteiger partial charge in [0.25, 0.3) is 0 Å². The third-order valence-electron chi connectivity index (χ3n) is 2.39. The number of aromatic nitrogens is 1. The van der Waals surface area contributed by atoms with Gasteiger partial charge in [0.05, 0.1) is 16.2 Å². The largest absolute Gasteiger partial charge is 0.307 e. The van der Waals surface area contributed by atoms with E-state index >= 15 is 0 Å². The Morgan fingerprint density at radius 3 is 2.67 bits per heavy atom. The first-order valence-electron chi connectivity index (χ1n) is 5.65. The van der Waals surface area contributed by atoms with Crippen molar-refractivity contribution in [1.82, 2.24) is 10.3 Å². The normalized spacial score (nSPS) is 12.4. The van der Waals surface area contributed by atoms with Gasteiger partial charge < -0.3 is 5.32 Å². The Bertz CT molecular complexity index is 302. The van der Waals surface area contributed by atoms with Crippen LogP contribution in [0.15, 0.2) is 5.38 Å². The predicted molar refractivity (Wildman–Crippen MR) is 67.4 cm³/mol. The maximum Gasteiger partial charge on any atom is 0.0931 e. The molecule has 0 aliphatic rings. The van der Waals surface area contributed by atoms with E-state index in [2.05, 4.69) is 45.3 Å². The first-order chi connectivity index (χ1) is 6.95. The third-order valence-corrected chi connectivity index (χ3v) is 3.26. The molecule has 0 aromatic carbocycles. The predicted octanol–water partition coefficient (Wildman–Crippen LogP) is 3.19. The molecule has 3 heteroatoms. The quantitative estimate of drug-likeness (QED) is 0.834. The van der Waals surface area contributed by atoms with E-state index in [9.17, 15) is 0 Å². The SMILES string of the molecule is CCNC(C)(C)c1csc(CC(C)C)n1. The number of nitrogens with one attached hydrogen (secondary N) is 1. The zero-order chi connectivity index (χ0) is 11.5. The average molecular weight is 226 g/mol. The maximum absolute atomic E-state index is 4.70. The monoisotopic (exact) mass is 226 g/mol. The van der Waals surface area contributed by atoms with E-state index in [0.717, 1.165) is 13.0 Å². The van der Waals surface area contributed by atoms with Gasteiger partial charge in [0, 0.05) is 11.8 Å². The zero-order valence-electron chi connectivity index (χ0n) is 10.4. The lowest BCUT2D eigenvalue weighted by Gasteiger charge is -2.23. The smallest absolute Gasteiger partial charge is 0.0931 e. The molecule has 0 aliphatic heterocycles. The summed E-state index contributed by atoms with van der Waals surface area (Å²) in [6.07, 6.45) is 1.09. The minimum absolute atomic E-state index is 0.000476. The van der Waals surface area contributed by atoms with Crippen LogP contribution in [-0.4, -0.2) is 11.5 Å². The first kappa shape index (κ1) is 12.7. The van der Waals surface area contributed by atoms with Gasteiger partial charge in [-0.05, 0) is 26.3 Å². The van der Waals surface area contributed by atoms with Crippen molar-refractivity contribution in [3.05, 3.63) is 16.1 Å². The maximum atomic E-state index is 4.70. The Morgan fingerprint density at radius 1 is 1.47 bits per heavy atom. The summed E-state index contributed by atoms with van der Waals surface area (Å²) in [6.45, 7) is 11.9. The van der Waals surface area contributed by atoms with Gasteiger partial charge in [-0.3, -0.25) is 0 Å². The van der Waals surface area contributed by atoms with E-state index in [1.54, 1.807) is 11.3 Å². The highest BCUT2D eigenvalue weighted by atomic mass is 32.1. The molecule has 0 saturated carbocycles. The molecule has 1 heterocycles. The second-order valence-corrected chi connectivity index (χ2v) is 5.82. The lowest BCUT2D eigenvalue weighted by atomic mass is 10.0. The van der Waals surface area contributed by atoms with Crippen molar-refractivity contribution in [2.24, 2.45) is 5.92 Å². The molecule has 0 saturated heterocycles. The summed E-state index contributed by atoms with van der Waals surface area (Å²) < 4.78 is 0. The van der Waals surface area contributed by atoms with Crippen LogP contribution in [0.3, 0.4) is 0 Å². The van der Waals surface area contributed by atoms with Crippen LogP contribution >= 0.6 is 11.3 Å². The summed E-state index contributed by atoms with van der Waals surface area (Å²) in [7, 11) is 0.